The highest BCUT2D eigenvalue weighted by molar-refractivity contribution is 6.31. The highest BCUT2D eigenvalue weighted by Gasteiger charge is 2.38. The Kier molecular flexibility index (Phi) is 5.62. The molecule has 0 saturated heterocycles. The van der Waals surface area contributed by atoms with Crippen molar-refractivity contribution in [3.05, 3.63) is 46.9 Å². The molecule has 3 N–H and O–H groups in total. The topological polar surface area (TPSA) is 109 Å². The van der Waals surface area contributed by atoms with Gasteiger partial charge in [-0.25, -0.2) is 14.6 Å². The summed E-state index contributed by atoms with van der Waals surface area (Å²) in [5.74, 6) is 0.452. The Morgan fingerprint density at radius 3 is 2.52 bits per heavy atom. The number of nitrogens with one attached hydrogen (secondary N) is 1. The van der Waals surface area contributed by atoms with Crippen LogP contribution in [0.4, 0.5) is 11.6 Å². The Bertz CT molecular complexity index is 1030. The highest BCUT2D eigenvalue weighted by atomic mass is 35.5. The fraction of sp³-hybridized carbons (Fsp3) is 0.400. The van der Waals surface area contributed by atoms with Crippen LogP contribution in [0.15, 0.2) is 30.6 Å². The quantitative estimate of drug-likeness (QED) is 0.565. The molecule has 0 aliphatic rings. The van der Waals surface area contributed by atoms with Gasteiger partial charge in [-0.05, 0) is 58.4 Å². The molecule has 1 aromatic carbocycles. The zero-order valence-corrected chi connectivity index (χ0v) is 17.9. The third-order valence-electron chi connectivity index (χ3n) is 4.88. The van der Waals surface area contributed by atoms with Crippen LogP contribution in [0.2, 0.25) is 5.02 Å². The number of anilines is 2. The van der Waals surface area contributed by atoms with Gasteiger partial charge in [-0.15, -0.1) is 5.10 Å². The van der Waals surface area contributed by atoms with E-state index in [1.54, 1.807) is 33.2 Å². The lowest BCUT2D eigenvalue weighted by Crippen LogP contribution is -2.50. The fourth-order valence-corrected chi connectivity index (χ4v) is 2.75. The van der Waals surface area contributed by atoms with Gasteiger partial charge in [0.1, 0.15) is 11.3 Å². The van der Waals surface area contributed by atoms with Crippen LogP contribution in [-0.2, 0) is 6.54 Å². The molecule has 3 aromatic rings. The molecule has 154 valence electrons. The van der Waals surface area contributed by atoms with E-state index >= 15 is 0 Å². The molecular formula is C20H25ClN6O2. The Morgan fingerprint density at radius 2 is 1.86 bits per heavy atom. The van der Waals surface area contributed by atoms with Crippen molar-refractivity contribution >= 4 is 23.2 Å². The summed E-state index contributed by atoms with van der Waals surface area (Å²) in [6, 6.07) is 5.88. The van der Waals surface area contributed by atoms with E-state index in [0.29, 0.717) is 22.4 Å². The average molecular weight is 417 g/mol. The monoisotopic (exact) mass is 416 g/mol. The van der Waals surface area contributed by atoms with E-state index in [9.17, 15) is 10.2 Å². The van der Waals surface area contributed by atoms with Crippen LogP contribution in [0.3, 0.4) is 0 Å². The second-order valence-corrected chi connectivity index (χ2v) is 8.38. The van der Waals surface area contributed by atoms with E-state index in [1.165, 1.54) is 4.68 Å². The number of rotatable bonds is 6. The van der Waals surface area contributed by atoms with Gasteiger partial charge < -0.3 is 15.5 Å². The van der Waals surface area contributed by atoms with Crippen molar-refractivity contribution in [2.75, 3.05) is 5.32 Å². The van der Waals surface area contributed by atoms with Crippen LogP contribution in [0.5, 0.6) is 0 Å². The Morgan fingerprint density at radius 1 is 1.14 bits per heavy atom. The molecule has 3 rings (SSSR count). The lowest BCUT2D eigenvalue weighted by atomic mass is 9.88. The van der Waals surface area contributed by atoms with Crippen molar-refractivity contribution in [1.29, 1.82) is 0 Å². The van der Waals surface area contributed by atoms with Crippen molar-refractivity contribution < 1.29 is 10.2 Å². The predicted octanol–water partition coefficient (Wildman–Crippen LogP) is 3.27. The standard InChI is InChI=1S/C20H25ClN6O2/c1-12-6-14(8-15(7-12)24-18-22-9-16(21)13(2)23-18)17-10-27(26-25-17)11-20(5,29)19(3,4)28/h6-10,28-29H,11H2,1-5H3,(H,22,23,24)/t20-/m0/s1. The second-order valence-electron chi connectivity index (χ2n) is 7.97. The zero-order valence-electron chi connectivity index (χ0n) is 17.1. The number of hydrogen-bond acceptors (Lipinski definition) is 7. The van der Waals surface area contributed by atoms with E-state index < -0.39 is 11.2 Å². The van der Waals surface area contributed by atoms with Crippen molar-refractivity contribution in [2.24, 2.45) is 0 Å². The van der Waals surface area contributed by atoms with E-state index in [1.807, 2.05) is 32.0 Å². The number of benzene rings is 1. The van der Waals surface area contributed by atoms with Crippen molar-refractivity contribution in [2.45, 2.75) is 52.4 Å². The Balaban J connectivity index is 1.85. The van der Waals surface area contributed by atoms with Gasteiger partial charge in [0.15, 0.2) is 0 Å². The second kappa shape index (κ2) is 7.70. The maximum absolute atomic E-state index is 10.5. The number of halogens is 1. The van der Waals surface area contributed by atoms with E-state index in [0.717, 1.165) is 16.8 Å². The smallest absolute Gasteiger partial charge is 0.227 e. The molecule has 0 amide bonds. The van der Waals surface area contributed by atoms with Gasteiger partial charge in [-0.1, -0.05) is 16.8 Å². The first-order chi connectivity index (χ1) is 13.4. The van der Waals surface area contributed by atoms with Crippen molar-refractivity contribution in [1.82, 2.24) is 25.0 Å². The average Bonchev–Trinajstić information content (AvgIpc) is 3.04. The van der Waals surface area contributed by atoms with E-state index in [-0.39, 0.29) is 6.54 Å². The number of hydrogen-bond donors (Lipinski definition) is 3. The normalized spacial score (nSPS) is 13.9. The summed E-state index contributed by atoms with van der Waals surface area (Å²) < 4.78 is 1.52. The SMILES string of the molecule is Cc1cc(Nc2ncc(Cl)c(C)n2)cc(-c2cn(C[C@](C)(O)C(C)(C)O)nn2)c1. The molecule has 2 aromatic heterocycles. The van der Waals surface area contributed by atoms with Crippen LogP contribution >= 0.6 is 11.6 Å². The number of aryl methyl sites for hydroxylation is 2. The van der Waals surface area contributed by atoms with Gasteiger partial charge >= 0.3 is 0 Å². The summed E-state index contributed by atoms with van der Waals surface area (Å²) in [4.78, 5) is 8.53. The van der Waals surface area contributed by atoms with Crippen LogP contribution in [0.25, 0.3) is 11.3 Å². The molecule has 1 atom stereocenters. The molecule has 0 saturated carbocycles. The molecular weight excluding hydrogens is 392 g/mol. The maximum atomic E-state index is 10.5. The molecule has 0 radical (unpaired) electrons. The minimum atomic E-state index is -1.36. The van der Waals surface area contributed by atoms with Gasteiger partial charge in [0, 0.05) is 11.3 Å². The molecule has 8 nitrogen and oxygen atoms in total. The number of aromatic nitrogens is 5. The minimum absolute atomic E-state index is 0.109. The summed E-state index contributed by atoms with van der Waals surface area (Å²) in [7, 11) is 0. The summed E-state index contributed by atoms with van der Waals surface area (Å²) in [5, 5.41) is 32.6. The van der Waals surface area contributed by atoms with E-state index in [2.05, 4.69) is 25.6 Å². The molecule has 29 heavy (non-hydrogen) atoms. The van der Waals surface area contributed by atoms with Gasteiger partial charge in [-0.2, -0.15) is 0 Å². The largest absolute Gasteiger partial charge is 0.387 e. The summed E-state index contributed by atoms with van der Waals surface area (Å²) in [6.07, 6.45) is 3.30. The van der Waals surface area contributed by atoms with E-state index in [4.69, 9.17) is 11.6 Å². The first-order valence-electron chi connectivity index (χ1n) is 9.18. The van der Waals surface area contributed by atoms with Crippen LogP contribution in [0.1, 0.15) is 32.0 Å². The molecule has 0 bridgehead atoms. The summed E-state index contributed by atoms with van der Waals surface area (Å²) >= 11 is 5.99. The van der Waals surface area contributed by atoms with Gasteiger partial charge in [0.25, 0.3) is 0 Å². The number of aliphatic hydroxyl groups is 2. The van der Waals surface area contributed by atoms with Gasteiger partial charge in [0.05, 0.1) is 35.3 Å². The predicted molar refractivity (Wildman–Crippen MR) is 112 cm³/mol. The van der Waals surface area contributed by atoms with Crippen LogP contribution < -0.4 is 5.32 Å². The third kappa shape index (κ3) is 4.90. The lowest BCUT2D eigenvalue weighted by Gasteiger charge is -2.35. The molecule has 0 unspecified atom stereocenters. The maximum Gasteiger partial charge on any atom is 0.227 e. The zero-order chi connectivity index (χ0) is 21.4. The number of nitrogens with zero attached hydrogens (tertiary/aromatic N) is 5. The minimum Gasteiger partial charge on any atom is -0.387 e. The fourth-order valence-electron chi connectivity index (χ4n) is 2.66. The summed E-state index contributed by atoms with van der Waals surface area (Å²) in [6.45, 7) is 8.59. The summed E-state index contributed by atoms with van der Waals surface area (Å²) in [5.41, 5.74) is 1.38. The Hall–Kier alpha value is -2.55. The highest BCUT2D eigenvalue weighted by Crippen LogP contribution is 2.27. The van der Waals surface area contributed by atoms with Crippen LogP contribution in [0, 0.1) is 13.8 Å². The van der Waals surface area contributed by atoms with Gasteiger partial charge in [-0.3, -0.25) is 0 Å². The lowest BCUT2D eigenvalue weighted by molar-refractivity contribution is -0.129. The first-order valence-corrected chi connectivity index (χ1v) is 9.55. The first kappa shape index (κ1) is 21.2. The molecule has 0 aliphatic heterocycles. The van der Waals surface area contributed by atoms with Gasteiger partial charge in [0.2, 0.25) is 5.95 Å². The van der Waals surface area contributed by atoms with Crippen molar-refractivity contribution in [3.8, 4) is 11.3 Å². The Labute approximate surface area is 174 Å². The third-order valence-corrected chi connectivity index (χ3v) is 5.25. The molecule has 0 aliphatic carbocycles. The van der Waals surface area contributed by atoms with Crippen molar-refractivity contribution in [3.63, 3.8) is 0 Å². The molecule has 0 fully saturated rings. The molecule has 0 spiro atoms. The molecule has 9 heteroatoms. The van der Waals surface area contributed by atoms with Crippen LogP contribution in [-0.4, -0.2) is 46.4 Å². The molecule has 2 heterocycles.